The fourth-order valence-corrected chi connectivity index (χ4v) is 5.68. The second-order valence-corrected chi connectivity index (χ2v) is 11.2. The van der Waals surface area contributed by atoms with Crippen LogP contribution in [0.3, 0.4) is 0 Å². The van der Waals surface area contributed by atoms with Gasteiger partial charge in [0, 0.05) is 28.4 Å². The first-order chi connectivity index (χ1) is 20.8. The summed E-state index contributed by atoms with van der Waals surface area (Å²) < 4.78 is 5.38. The van der Waals surface area contributed by atoms with Crippen molar-refractivity contribution in [1.82, 2.24) is 15.5 Å². The molecule has 0 aliphatic heterocycles. The maximum absolute atomic E-state index is 12.2. The number of halogens is 1. The topological polar surface area (TPSA) is 105 Å². The number of fused-ring (bicyclic) bond motifs is 1. The fourth-order valence-electron chi connectivity index (χ4n) is 5.55. The second-order valence-electron chi connectivity index (χ2n) is 10.8. The van der Waals surface area contributed by atoms with Crippen molar-refractivity contribution in [2.75, 3.05) is 6.54 Å². The summed E-state index contributed by atoms with van der Waals surface area (Å²) in [6.45, 7) is 3.95. The van der Waals surface area contributed by atoms with Crippen LogP contribution in [-0.4, -0.2) is 33.7 Å². The van der Waals surface area contributed by atoms with E-state index in [0.29, 0.717) is 10.6 Å². The van der Waals surface area contributed by atoms with Gasteiger partial charge in [0.15, 0.2) is 0 Å². The molecule has 1 amide bonds. The van der Waals surface area contributed by atoms with Gasteiger partial charge in [-0.15, -0.1) is 0 Å². The molecule has 2 N–H and O–H groups in total. The number of hydrogen-bond acceptors (Lipinski definition) is 5. The van der Waals surface area contributed by atoms with E-state index in [0.717, 1.165) is 64.9 Å². The first-order valence-electron chi connectivity index (χ1n) is 14.5. The third kappa shape index (κ3) is 7.30. The van der Waals surface area contributed by atoms with Gasteiger partial charge in [-0.25, -0.2) is 4.98 Å². The number of benzene rings is 3. The normalized spacial score (nSPS) is 11.9. The molecule has 7 nitrogen and oxygen atoms in total. The summed E-state index contributed by atoms with van der Waals surface area (Å²) in [6, 6.07) is 26.2. The molecule has 220 valence electrons. The Morgan fingerprint density at radius 1 is 0.953 bits per heavy atom. The minimum absolute atomic E-state index is 0.0976. The van der Waals surface area contributed by atoms with Gasteiger partial charge in [-0.1, -0.05) is 65.6 Å². The number of unbranched alkanes of at least 4 members (excludes halogenated alkanes) is 1. The second kappa shape index (κ2) is 13.7. The third-order valence-corrected chi connectivity index (χ3v) is 8.00. The number of carboxylic acids is 1. The zero-order valence-corrected chi connectivity index (χ0v) is 25.0. The Kier molecular flexibility index (Phi) is 9.52. The minimum Gasteiger partial charge on any atom is -0.481 e. The molecule has 3 aromatic carbocycles. The first kappa shape index (κ1) is 30.0. The molecule has 0 saturated carbocycles. The lowest BCUT2D eigenvalue weighted by Gasteiger charge is -2.20. The lowest BCUT2D eigenvalue weighted by molar-refractivity contribution is -0.136. The number of pyridine rings is 1. The molecule has 2 aromatic heterocycles. The summed E-state index contributed by atoms with van der Waals surface area (Å²) in [4.78, 5) is 27.9. The molecule has 0 saturated heterocycles. The molecular formula is C35H34ClN3O4. The van der Waals surface area contributed by atoms with Crippen molar-refractivity contribution in [3.05, 3.63) is 118 Å². The molecule has 0 aliphatic carbocycles. The van der Waals surface area contributed by atoms with Crippen molar-refractivity contribution in [3.63, 3.8) is 0 Å². The largest absolute Gasteiger partial charge is 0.481 e. The zero-order valence-electron chi connectivity index (χ0n) is 24.3. The van der Waals surface area contributed by atoms with E-state index in [1.54, 1.807) is 12.1 Å². The fraction of sp³-hybridized carbons (Fsp3) is 0.257. The molecule has 8 heteroatoms. The summed E-state index contributed by atoms with van der Waals surface area (Å²) >= 11 is 6.24. The molecule has 43 heavy (non-hydrogen) atoms. The number of nitrogens with one attached hydrogen (secondary N) is 1. The van der Waals surface area contributed by atoms with Crippen molar-refractivity contribution in [2.24, 2.45) is 0 Å². The number of aromatic nitrogens is 2. The van der Waals surface area contributed by atoms with Crippen LogP contribution >= 0.6 is 11.6 Å². The number of amides is 1. The monoisotopic (exact) mass is 595 g/mol. The van der Waals surface area contributed by atoms with Crippen LogP contribution in [0, 0.1) is 13.8 Å². The number of aryl methyl sites for hydroxylation is 3. The van der Waals surface area contributed by atoms with Crippen LogP contribution in [0.15, 0.2) is 83.4 Å². The van der Waals surface area contributed by atoms with Gasteiger partial charge in [-0.2, -0.15) is 0 Å². The summed E-state index contributed by atoms with van der Waals surface area (Å²) in [5.41, 5.74) is 7.68. The van der Waals surface area contributed by atoms with Crippen LogP contribution in [0.1, 0.15) is 70.1 Å². The molecule has 1 unspecified atom stereocenters. The third-order valence-electron chi connectivity index (χ3n) is 7.75. The number of hydrogen-bond donors (Lipinski definition) is 2. The Morgan fingerprint density at radius 2 is 1.72 bits per heavy atom. The van der Waals surface area contributed by atoms with E-state index in [-0.39, 0.29) is 24.8 Å². The van der Waals surface area contributed by atoms with Crippen molar-refractivity contribution < 1.29 is 19.2 Å². The highest BCUT2D eigenvalue weighted by Gasteiger charge is 2.19. The number of aliphatic carboxylic acids is 1. The van der Waals surface area contributed by atoms with Gasteiger partial charge in [-0.05, 0) is 86.2 Å². The van der Waals surface area contributed by atoms with Gasteiger partial charge in [0.05, 0.1) is 28.9 Å². The molecule has 0 fully saturated rings. The first-order valence-corrected chi connectivity index (χ1v) is 14.9. The smallest absolute Gasteiger partial charge is 0.305 e. The Hall–Kier alpha value is -4.49. The highest BCUT2D eigenvalue weighted by Crippen LogP contribution is 2.36. The van der Waals surface area contributed by atoms with Gasteiger partial charge in [0.25, 0.3) is 5.91 Å². The Bertz CT molecular complexity index is 1710. The van der Waals surface area contributed by atoms with Crippen molar-refractivity contribution >= 4 is 34.4 Å². The Morgan fingerprint density at radius 3 is 2.42 bits per heavy atom. The number of carbonyl (C=O) groups is 2. The van der Waals surface area contributed by atoms with Gasteiger partial charge in [0.2, 0.25) is 0 Å². The summed E-state index contributed by atoms with van der Waals surface area (Å²) in [5, 5.41) is 17.3. The zero-order chi connectivity index (χ0) is 30.3. The molecule has 0 bridgehead atoms. The minimum atomic E-state index is -0.937. The van der Waals surface area contributed by atoms with E-state index in [2.05, 4.69) is 46.9 Å². The lowest BCUT2D eigenvalue weighted by Crippen LogP contribution is -2.25. The van der Waals surface area contributed by atoms with Crippen LogP contribution in [0.5, 0.6) is 0 Å². The molecule has 0 aliphatic rings. The molecule has 0 spiro atoms. The lowest BCUT2D eigenvalue weighted by atomic mass is 9.84. The van der Waals surface area contributed by atoms with Crippen LogP contribution < -0.4 is 5.32 Å². The Labute approximate surface area is 255 Å². The van der Waals surface area contributed by atoms with E-state index in [1.165, 1.54) is 11.1 Å². The predicted molar refractivity (Wildman–Crippen MR) is 169 cm³/mol. The molecule has 0 radical (unpaired) electrons. The van der Waals surface area contributed by atoms with E-state index >= 15 is 0 Å². The van der Waals surface area contributed by atoms with Gasteiger partial charge >= 0.3 is 5.97 Å². The summed E-state index contributed by atoms with van der Waals surface area (Å²) in [5.74, 6) is -0.270. The van der Waals surface area contributed by atoms with Crippen molar-refractivity contribution in [1.29, 1.82) is 0 Å². The standard InChI is InChI=1S/C35H34ClN3O4/c1-22-34(23(2)43-39-22)32-19-18-30-29(8-5-9-31(30)38-32)28(25-14-16-27(36)17-15-25)7-4-3-6-24-10-12-26(13-11-24)35(42)37-21-20-33(40)41/h5,8-19,28H,3-4,6-7,20-21H2,1-2H3,(H,37,42)(H,40,41). The highest BCUT2D eigenvalue weighted by atomic mass is 35.5. The van der Waals surface area contributed by atoms with E-state index in [9.17, 15) is 9.59 Å². The van der Waals surface area contributed by atoms with E-state index in [4.69, 9.17) is 26.2 Å². The molecule has 1 atom stereocenters. The van der Waals surface area contributed by atoms with E-state index in [1.807, 2.05) is 44.2 Å². The maximum Gasteiger partial charge on any atom is 0.305 e. The van der Waals surface area contributed by atoms with E-state index < -0.39 is 5.97 Å². The number of nitrogens with zero attached hydrogens (tertiary/aromatic N) is 2. The highest BCUT2D eigenvalue weighted by molar-refractivity contribution is 6.30. The van der Waals surface area contributed by atoms with Crippen LogP contribution in [0.2, 0.25) is 5.02 Å². The average Bonchev–Trinajstić information content (AvgIpc) is 3.34. The molecule has 2 heterocycles. The van der Waals surface area contributed by atoms with Crippen molar-refractivity contribution in [3.8, 4) is 11.3 Å². The molecular weight excluding hydrogens is 562 g/mol. The maximum atomic E-state index is 12.2. The number of carbonyl (C=O) groups excluding carboxylic acids is 1. The number of carboxylic acid groups (broad SMARTS) is 1. The van der Waals surface area contributed by atoms with Gasteiger partial charge in [-0.3, -0.25) is 9.59 Å². The van der Waals surface area contributed by atoms with Gasteiger partial charge < -0.3 is 14.9 Å². The average molecular weight is 596 g/mol. The summed E-state index contributed by atoms with van der Waals surface area (Å²) in [7, 11) is 0. The van der Waals surface area contributed by atoms with Crippen LogP contribution in [-0.2, 0) is 11.2 Å². The summed E-state index contributed by atoms with van der Waals surface area (Å²) in [6.07, 6.45) is 3.75. The number of rotatable bonds is 12. The SMILES string of the molecule is Cc1noc(C)c1-c1ccc2c(C(CCCCc3ccc(C(=O)NCCC(=O)O)cc3)c3ccc(Cl)cc3)cccc2n1. The van der Waals surface area contributed by atoms with Crippen LogP contribution in [0.25, 0.3) is 22.2 Å². The van der Waals surface area contributed by atoms with Crippen molar-refractivity contribution in [2.45, 2.75) is 51.9 Å². The quantitative estimate of drug-likeness (QED) is 0.142. The predicted octanol–water partition coefficient (Wildman–Crippen LogP) is 7.91. The molecule has 5 aromatic rings. The van der Waals surface area contributed by atoms with Crippen LogP contribution in [0.4, 0.5) is 0 Å². The molecule has 5 rings (SSSR count). The Balaban J connectivity index is 1.30. The van der Waals surface area contributed by atoms with Gasteiger partial charge in [0.1, 0.15) is 5.76 Å².